The van der Waals surface area contributed by atoms with E-state index in [9.17, 15) is 9.59 Å². The molecular weight excluding hydrogens is 234 g/mol. The van der Waals surface area contributed by atoms with E-state index in [0.29, 0.717) is 5.56 Å². The smallest absolute Gasteiger partial charge is 0.335 e. The lowest BCUT2D eigenvalue weighted by Gasteiger charge is -2.22. The number of ether oxygens (including phenoxy) is 1. The lowest BCUT2D eigenvalue weighted by Crippen LogP contribution is -2.31. The molecule has 1 aromatic rings. The van der Waals surface area contributed by atoms with Gasteiger partial charge in [0, 0.05) is 0 Å². The van der Waals surface area contributed by atoms with Crippen LogP contribution in [0.5, 0.6) is 0 Å². The van der Waals surface area contributed by atoms with Crippen molar-refractivity contribution >= 4 is 11.9 Å². The maximum atomic E-state index is 11.7. The maximum absolute atomic E-state index is 11.7. The van der Waals surface area contributed by atoms with Gasteiger partial charge in [-0.3, -0.25) is 0 Å². The predicted octanol–water partition coefficient (Wildman–Crippen LogP) is 1.73. The highest BCUT2D eigenvalue weighted by Gasteiger charge is 2.23. The van der Waals surface area contributed by atoms with E-state index >= 15 is 0 Å². The lowest BCUT2D eigenvalue weighted by atomic mass is 10.0. The molecule has 0 amide bonds. The largest absolute Gasteiger partial charge is 0.478 e. The molecule has 0 aliphatic rings. The highest BCUT2D eigenvalue weighted by atomic mass is 16.6. The van der Waals surface area contributed by atoms with Crippen LogP contribution in [0.1, 0.15) is 42.7 Å². The fourth-order valence-electron chi connectivity index (χ4n) is 1.37. The topological polar surface area (TPSA) is 89.6 Å². The zero-order valence-electron chi connectivity index (χ0n) is 10.6. The minimum Gasteiger partial charge on any atom is -0.478 e. The molecule has 98 valence electrons. The summed E-state index contributed by atoms with van der Waals surface area (Å²) >= 11 is 0. The normalized spacial score (nSPS) is 12.9. The summed E-state index contributed by atoms with van der Waals surface area (Å²) in [6, 6.07) is 4.97. The number of aromatic carboxylic acids is 1. The first kappa shape index (κ1) is 14.2. The van der Waals surface area contributed by atoms with Gasteiger partial charge in [0.1, 0.15) is 11.6 Å². The van der Waals surface area contributed by atoms with Crippen molar-refractivity contribution in [2.45, 2.75) is 32.4 Å². The molecule has 0 heterocycles. The van der Waals surface area contributed by atoms with Crippen LogP contribution >= 0.6 is 0 Å². The van der Waals surface area contributed by atoms with E-state index in [4.69, 9.17) is 15.6 Å². The first-order valence-electron chi connectivity index (χ1n) is 5.52. The van der Waals surface area contributed by atoms with E-state index in [1.165, 1.54) is 12.1 Å². The quantitative estimate of drug-likeness (QED) is 0.798. The Labute approximate surface area is 106 Å². The van der Waals surface area contributed by atoms with E-state index in [2.05, 4.69) is 0 Å². The number of carbonyl (C=O) groups excluding carboxylic acids is 1. The summed E-state index contributed by atoms with van der Waals surface area (Å²) in [4.78, 5) is 22.6. The summed E-state index contributed by atoms with van der Waals surface area (Å²) in [7, 11) is 0. The highest BCUT2D eigenvalue weighted by Crippen LogP contribution is 2.17. The monoisotopic (exact) mass is 251 g/mol. The Hall–Kier alpha value is -1.88. The molecule has 5 nitrogen and oxygen atoms in total. The van der Waals surface area contributed by atoms with Crippen molar-refractivity contribution in [2.75, 3.05) is 0 Å². The summed E-state index contributed by atoms with van der Waals surface area (Å²) < 4.78 is 5.14. The first-order valence-corrected chi connectivity index (χ1v) is 5.52. The number of nitrogens with two attached hydrogens (primary N) is 1. The molecule has 1 rings (SSSR count). The predicted molar refractivity (Wildman–Crippen MR) is 66.2 cm³/mol. The summed E-state index contributed by atoms with van der Waals surface area (Å²) in [5, 5.41) is 8.86. The first-order chi connectivity index (χ1) is 8.20. The van der Waals surface area contributed by atoms with Crippen molar-refractivity contribution in [1.29, 1.82) is 0 Å². The third-order valence-corrected chi connectivity index (χ3v) is 2.15. The van der Waals surface area contributed by atoms with Gasteiger partial charge in [0.15, 0.2) is 0 Å². The van der Waals surface area contributed by atoms with Crippen molar-refractivity contribution in [3.05, 3.63) is 35.4 Å². The average Bonchev–Trinajstić information content (AvgIpc) is 2.26. The van der Waals surface area contributed by atoms with Crippen LogP contribution in [0.2, 0.25) is 0 Å². The molecule has 0 bridgehead atoms. The third kappa shape index (κ3) is 3.85. The number of esters is 1. The van der Waals surface area contributed by atoms with Gasteiger partial charge >= 0.3 is 11.9 Å². The van der Waals surface area contributed by atoms with Crippen LogP contribution < -0.4 is 5.73 Å². The molecule has 0 aromatic heterocycles. The second-order valence-corrected chi connectivity index (χ2v) is 4.94. The molecule has 0 radical (unpaired) electrons. The minimum atomic E-state index is -1.06. The summed E-state index contributed by atoms with van der Waals surface area (Å²) in [6.45, 7) is 5.22. The summed E-state index contributed by atoms with van der Waals surface area (Å²) in [5.74, 6) is -1.64. The highest BCUT2D eigenvalue weighted by molar-refractivity contribution is 5.88. The van der Waals surface area contributed by atoms with Gasteiger partial charge in [0.05, 0.1) is 5.56 Å². The van der Waals surface area contributed by atoms with Gasteiger partial charge in [-0.25, -0.2) is 9.59 Å². The van der Waals surface area contributed by atoms with Gasteiger partial charge in [-0.1, -0.05) is 12.1 Å². The van der Waals surface area contributed by atoms with Crippen molar-refractivity contribution < 1.29 is 19.4 Å². The molecule has 0 fully saturated rings. The van der Waals surface area contributed by atoms with Crippen LogP contribution in [-0.4, -0.2) is 22.6 Å². The van der Waals surface area contributed by atoms with Gasteiger partial charge in [-0.15, -0.1) is 0 Å². The third-order valence-electron chi connectivity index (χ3n) is 2.15. The van der Waals surface area contributed by atoms with Crippen LogP contribution in [0.4, 0.5) is 0 Å². The molecule has 0 aliphatic carbocycles. The molecule has 0 saturated carbocycles. The Bertz CT molecular complexity index is 462. The number of carboxylic acid groups (broad SMARTS) is 1. The minimum absolute atomic E-state index is 0.0894. The zero-order chi connectivity index (χ0) is 13.9. The fraction of sp³-hybridized carbons (Fsp3) is 0.385. The van der Waals surface area contributed by atoms with E-state index in [1.807, 2.05) is 0 Å². The number of benzene rings is 1. The van der Waals surface area contributed by atoms with Gasteiger partial charge in [-0.05, 0) is 38.5 Å². The second-order valence-electron chi connectivity index (χ2n) is 4.94. The Morgan fingerprint density at radius 2 is 1.94 bits per heavy atom. The molecule has 1 unspecified atom stereocenters. The Morgan fingerprint density at radius 3 is 2.44 bits per heavy atom. The SMILES string of the molecule is CC(C)(C)OC(=O)C(N)c1cccc(C(=O)O)c1. The number of carboxylic acids is 1. The maximum Gasteiger partial charge on any atom is 0.335 e. The molecule has 0 saturated heterocycles. The lowest BCUT2D eigenvalue weighted by molar-refractivity contribution is -0.156. The van der Waals surface area contributed by atoms with Crippen molar-refractivity contribution in [3.63, 3.8) is 0 Å². The molecule has 18 heavy (non-hydrogen) atoms. The van der Waals surface area contributed by atoms with E-state index in [0.717, 1.165) is 0 Å². The number of rotatable bonds is 3. The van der Waals surface area contributed by atoms with E-state index in [-0.39, 0.29) is 5.56 Å². The molecular formula is C13H17NO4. The molecule has 1 atom stereocenters. The Balaban J connectivity index is 2.90. The molecule has 0 aliphatic heterocycles. The van der Waals surface area contributed by atoms with E-state index < -0.39 is 23.6 Å². The van der Waals surface area contributed by atoms with Crippen LogP contribution in [-0.2, 0) is 9.53 Å². The van der Waals surface area contributed by atoms with Gasteiger partial charge in [0.25, 0.3) is 0 Å². The number of carbonyl (C=O) groups is 2. The molecule has 5 heteroatoms. The van der Waals surface area contributed by atoms with Gasteiger partial charge in [-0.2, -0.15) is 0 Å². The molecule has 0 spiro atoms. The van der Waals surface area contributed by atoms with Crippen molar-refractivity contribution in [2.24, 2.45) is 5.73 Å². The average molecular weight is 251 g/mol. The Kier molecular flexibility index (Phi) is 4.08. The van der Waals surface area contributed by atoms with Crippen molar-refractivity contribution in [3.8, 4) is 0 Å². The standard InChI is InChI=1S/C13H17NO4/c1-13(2,3)18-12(17)10(14)8-5-4-6-9(7-8)11(15)16/h4-7,10H,14H2,1-3H3,(H,15,16). The van der Waals surface area contributed by atoms with Crippen LogP contribution in [0.15, 0.2) is 24.3 Å². The number of hydrogen-bond donors (Lipinski definition) is 2. The molecule has 3 N–H and O–H groups in total. The van der Waals surface area contributed by atoms with Gasteiger partial charge in [0.2, 0.25) is 0 Å². The zero-order valence-corrected chi connectivity index (χ0v) is 10.6. The summed E-state index contributed by atoms with van der Waals surface area (Å²) in [6.07, 6.45) is 0. The number of hydrogen-bond acceptors (Lipinski definition) is 4. The Morgan fingerprint density at radius 1 is 1.33 bits per heavy atom. The van der Waals surface area contributed by atoms with Crippen molar-refractivity contribution in [1.82, 2.24) is 0 Å². The van der Waals surface area contributed by atoms with Crippen LogP contribution in [0.3, 0.4) is 0 Å². The molecule has 1 aromatic carbocycles. The van der Waals surface area contributed by atoms with Crippen LogP contribution in [0, 0.1) is 0 Å². The van der Waals surface area contributed by atoms with Crippen LogP contribution in [0.25, 0.3) is 0 Å². The summed E-state index contributed by atoms with van der Waals surface area (Å²) in [5.41, 5.74) is 5.63. The fourth-order valence-corrected chi connectivity index (χ4v) is 1.37. The van der Waals surface area contributed by atoms with Gasteiger partial charge < -0.3 is 15.6 Å². The second kappa shape index (κ2) is 5.18. The van der Waals surface area contributed by atoms with E-state index in [1.54, 1.807) is 32.9 Å².